The van der Waals surface area contributed by atoms with Crippen molar-refractivity contribution in [2.75, 3.05) is 13.2 Å². The molecule has 4 heteroatoms. The van der Waals surface area contributed by atoms with Gasteiger partial charge in [0, 0.05) is 25.6 Å². The zero-order valence-electron chi connectivity index (χ0n) is 13.1. The minimum absolute atomic E-state index is 0.211. The second kappa shape index (κ2) is 8.03. The smallest absolute Gasteiger partial charge is 0.121 e. The molecule has 4 nitrogen and oxygen atoms in total. The fourth-order valence-corrected chi connectivity index (χ4v) is 2.61. The number of nitrogens with zero attached hydrogens (tertiary/aromatic N) is 2. The van der Waals surface area contributed by atoms with Crippen molar-refractivity contribution >= 4 is 11.0 Å². The Morgan fingerprint density at radius 3 is 2.76 bits per heavy atom. The maximum absolute atomic E-state index is 9.06. The van der Waals surface area contributed by atoms with Crippen LogP contribution in [-0.2, 0) is 13.0 Å². The Morgan fingerprint density at radius 1 is 1.19 bits per heavy atom. The van der Waals surface area contributed by atoms with Gasteiger partial charge in [0.1, 0.15) is 11.6 Å². The molecule has 1 heterocycles. The van der Waals surface area contributed by atoms with E-state index in [0.717, 1.165) is 36.5 Å². The van der Waals surface area contributed by atoms with Gasteiger partial charge in [0.15, 0.2) is 0 Å². The van der Waals surface area contributed by atoms with Gasteiger partial charge in [-0.25, -0.2) is 4.98 Å². The average Bonchev–Trinajstić information content (AvgIpc) is 2.83. The summed E-state index contributed by atoms with van der Waals surface area (Å²) in [6.45, 7) is 6.08. The Hall–Kier alpha value is -1.55. The third kappa shape index (κ3) is 3.97. The molecule has 0 saturated carbocycles. The number of hydrogen-bond donors (Lipinski definition) is 1. The lowest BCUT2D eigenvalue weighted by Crippen LogP contribution is -2.05. The summed E-state index contributed by atoms with van der Waals surface area (Å²) in [5.74, 6) is 1.95. The molecule has 116 valence electrons. The van der Waals surface area contributed by atoms with Crippen molar-refractivity contribution in [1.82, 2.24) is 9.55 Å². The van der Waals surface area contributed by atoms with Crippen LogP contribution >= 0.6 is 0 Å². The first-order valence-electron chi connectivity index (χ1n) is 8.03. The molecule has 0 bridgehead atoms. The van der Waals surface area contributed by atoms with Gasteiger partial charge < -0.3 is 14.4 Å². The Labute approximate surface area is 126 Å². The first-order valence-corrected chi connectivity index (χ1v) is 8.03. The quantitative estimate of drug-likeness (QED) is 0.718. The number of aromatic nitrogens is 2. The van der Waals surface area contributed by atoms with E-state index in [-0.39, 0.29) is 6.61 Å². The molecule has 0 amide bonds. The van der Waals surface area contributed by atoms with Crippen molar-refractivity contribution in [2.45, 2.75) is 52.5 Å². The summed E-state index contributed by atoms with van der Waals surface area (Å²) in [5.41, 5.74) is 2.16. The van der Waals surface area contributed by atoms with Gasteiger partial charge in [0.25, 0.3) is 0 Å². The Kier molecular flexibility index (Phi) is 6.05. The summed E-state index contributed by atoms with van der Waals surface area (Å²) < 4.78 is 7.86. The van der Waals surface area contributed by atoms with E-state index in [1.807, 2.05) is 19.1 Å². The molecule has 0 unspecified atom stereocenters. The normalized spacial score (nSPS) is 11.2. The number of rotatable bonds is 9. The first kappa shape index (κ1) is 15.8. The van der Waals surface area contributed by atoms with Crippen LogP contribution in [0.15, 0.2) is 18.2 Å². The van der Waals surface area contributed by atoms with Gasteiger partial charge in [-0.2, -0.15) is 0 Å². The predicted molar refractivity (Wildman–Crippen MR) is 85.8 cm³/mol. The largest absolute Gasteiger partial charge is 0.494 e. The summed E-state index contributed by atoms with van der Waals surface area (Å²) in [7, 11) is 0. The van der Waals surface area contributed by atoms with Crippen molar-refractivity contribution in [3.8, 4) is 5.75 Å². The van der Waals surface area contributed by atoms with Crippen LogP contribution in [0.1, 0.15) is 45.4 Å². The standard InChI is InChI=1S/C17H26N2O2/c1-3-5-6-11-19-16-10-9-14(21-4-2)13-15(16)18-17(19)8-7-12-20/h9-10,13,20H,3-8,11-12H2,1-2H3. The number of aliphatic hydroxyl groups is 1. The number of aliphatic hydroxyl groups excluding tert-OH is 1. The molecule has 0 spiro atoms. The number of imidazole rings is 1. The fourth-order valence-electron chi connectivity index (χ4n) is 2.61. The van der Waals surface area contributed by atoms with Gasteiger partial charge in [-0.15, -0.1) is 0 Å². The van der Waals surface area contributed by atoms with E-state index in [0.29, 0.717) is 6.61 Å². The maximum Gasteiger partial charge on any atom is 0.121 e. The molecule has 0 aliphatic rings. The van der Waals surface area contributed by atoms with Crippen LogP contribution in [0.4, 0.5) is 0 Å². The van der Waals surface area contributed by atoms with Crippen molar-refractivity contribution in [3.63, 3.8) is 0 Å². The Balaban J connectivity index is 2.30. The highest BCUT2D eigenvalue weighted by Gasteiger charge is 2.11. The van der Waals surface area contributed by atoms with Gasteiger partial charge >= 0.3 is 0 Å². The number of aryl methyl sites for hydroxylation is 2. The Morgan fingerprint density at radius 2 is 2.05 bits per heavy atom. The van der Waals surface area contributed by atoms with E-state index in [4.69, 9.17) is 14.8 Å². The van der Waals surface area contributed by atoms with E-state index >= 15 is 0 Å². The molecule has 0 aliphatic carbocycles. The minimum Gasteiger partial charge on any atom is -0.494 e. The van der Waals surface area contributed by atoms with Crippen LogP contribution in [0.5, 0.6) is 5.75 Å². The summed E-state index contributed by atoms with van der Waals surface area (Å²) in [6.07, 6.45) is 5.20. The molecule has 0 fully saturated rings. The van der Waals surface area contributed by atoms with Crippen molar-refractivity contribution in [2.24, 2.45) is 0 Å². The van der Waals surface area contributed by atoms with Crippen LogP contribution in [-0.4, -0.2) is 27.9 Å². The third-order valence-corrected chi connectivity index (χ3v) is 3.65. The highest BCUT2D eigenvalue weighted by Crippen LogP contribution is 2.23. The van der Waals surface area contributed by atoms with Crippen LogP contribution in [0.3, 0.4) is 0 Å². The van der Waals surface area contributed by atoms with Gasteiger partial charge in [-0.05, 0) is 31.9 Å². The fraction of sp³-hybridized carbons (Fsp3) is 0.588. The Bertz CT molecular complexity index is 563. The molecule has 1 aromatic heterocycles. The zero-order chi connectivity index (χ0) is 15.1. The lowest BCUT2D eigenvalue weighted by molar-refractivity contribution is 0.287. The summed E-state index contributed by atoms with van der Waals surface area (Å²) >= 11 is 0. The zero-order valence-corrected chi connectivity index (χ0v) is 13.1. The average molecular weight is 290 g/mol. The van der Waals surface area contributed by atoms with E-state index in [2.05, 4.69) is 17.6 Å². The lowest BCUT2D eigenvalue weighted by atomic mass is 10.2. The second-order valence-electron chi connectivity index (χ2n) is 5.30. The lowest BCUT2D eigenvalue weighted by Gasteiger charge is -2.09. The molecule has 1 aromatic carbocycles. The van der Waals surface area contributed by atoms with Crippen molar-refractivity contribution in [3.05, 3.63) is 24.0 Å². The van der Waals surface area contributed by atoms with E-state index < -0.39 is 0 Å². The van der Waals surface area contributed by atoms with Crippen molar-refractivity contribution in [1.29, 1.82) is 0 Å². The second-order valence-corrected chi connectivity index (χ2v) is 5.30. The molecule has 0 atom stereocenters. The molecule has 2 rings (SSSR count). The molecular formula is C17H26N2O2. The van der Waals surface area contributed by atoms with Crippen LogP contribution < -0.4 is 4.74 Å². The molecule has 2 aromatic rings. The minimum atomic E-state index is 0.211. The summed E-state index contributed by atoms with van der Waals surface area (Å²) in [6, 6.07) is 6.12. The summed E-state index contributed by atoms with van der Waals surface area (Å²) in [5, 5.41) is 9.06. The monoisotopic (exact) mass is 290 g/mol. The SMILES string of the molecule is CCCCCn1c(CCCO)nc2cc(OCC)ccc21. The molecule has 0 aliphatic heterocycles. The highest BCUT2D eigenvalue weighted by atomic mass is 16.5. The van der Waals surface area contributed by atoms with Gasteiger partial charge in [0.2, 0.25) is 0 Å². The predicted octanol–water partition coefficient (Wildman–Crippen LogP) is 3.55. The molecular weight excluding hydrogens is 264 g/mol. The van der Waals surface area contributed by atoms with Crippen LogP contribution in [0.2, 0.25) is 0 Å². The number of unbranched alkanes of at least 4 members (excludes halogenated alkanes) is 2. The third-order valence-electron chi connectivity index (χ3n) is 3.65. The van der Waals surface area contributed by atoms with E-state index in [9.17, 15) is 0 Å². The number of hydrogen-bond acceptors (Lipinski definition) is 3. The van der Waals surface area contributed by atoms with Gasteiger partial charge in [-0.1, -0.05) is 19.8 Å². The van der Waals surface area contributed by atoms with Gasteiger partial charge in [0.05, 0.1) is 17.6 Å². The molecule has 21 heavy (non-hydrogen) atoms. The number of fused-ring (bicyclic) bond motifs is 1. The van der Waals surface area contributed by atoms with Crippen molar-refractivity contribution < 1.29 is 9.84 Å². The van der Waals surface area contributed by atoms with Crippen LogP contribution in [0.25, 0.3) is 11.0 Å². The van der Waals surface area contributed by atoms with Crippen LogP contribution in [0, 0.1) is 0 Å². The van der Waals surface area contributed by atoms with E-state index in [1.165, 1.54) is 24.8 Å². The van der Waals surface area contributed by atoms with Gasteiger partial charge in [-0.3, -0.25) is 0 Å². The maximum atomic E-state index is 9.06. The first-order chi connectivity index (χ1) is 10.3. The van der Waals surface area contributed by atoms with E-state index in [1.54, 1.807) is 0 Å². The molecule has 1 N–H and O–H groups in total. The number of ether oxygens (including phenoxy) is 1. The highest BCUT2D eigenvalue weighted by molar-refractivity contribution is 5.77. The molecule has 0 radical (unpaired) electrons. The molecule has 0 saturated heterocycles. The summed E-state index contributed by atoms with van der Waals surface area (Å²) in [4.78, 5) is 4.74. The topological polar surface area (TPSA) is 47.3 Å². The number of benzene rings is 1.